The molecule has 1 unspecified atom stereocenters. The molecule has 0 aliphatic heterocycles. The molecule has 0 fully saturated rings. The molecular weight excluding hydrogens is 348 g/mol. The zero-order valence-corrected chi connectivity index (χ0v) is 15.1. The van der Waals surface area contributed by atoms with Crippen LogP contribution < -0.4 is 10.0 Å². The van der Waals surface area contributed by atoms with E-state index in [0.717, 1.165) is 5.56 Å². The van der Waals surface area contributed by atoms with Crippen molar-refractivity contribution in [3.63, 3.8) is 0 Å². The lowest BCUT2D eigenvalue weighted by atomic mass is 10.1. The van der Waals surface area contributed by atoms with Crippen molar-refractivity contribution in [2.45, 2.75) is 32.4 Å². The Morgan fingerprint density at radius 1 is 1.20 bits per heavy atom. The smallest absolute Gasteiger partial charge is 0.326 e. The summed E-state index contributed by atoms with van der Waals surface area (Å²) >= 11 is 0. The third-order valence-electron chi connectivity index (χ3n) is 3.17. The molecule has 25 heavy (non-hydrogen) atoms. The first-order chi connectivity index (χ1) is 11.7. The van der Waals surface area contributed by atoms with Gasteiger partial charge in [0.25, 0.3) is 0 Å². The van der Waals surface area contributed by atoms with Gasteiger partial charge < -0.3 is 15.2 Å². The van der Waals surface area contributed by atoms with Crippen molar-refractivity contribution in [3.05, 3.63) is 35.9 Å². The van der Waals surface area contributed by atoms with Gasteiger partial charge >= 0.3 is 5.97 Å². The van der Waals surface area contributed by atoms with Crippen LogP contribution in [-0.2, 0) is 30.8 Å². The number of carbonyl (C=O) groups is 2. The minimum absolute atomic E-state index is 0.0143. The number of ether oxygens (including phenoxy) is 1. The van der Waals surface area contributed by atoms with E-state index in [4.69, 9.17) is 4.74 Å². The summed E-state index contributed by atoms with van der Waals surface area (Å²) in [6.45, 7) is 3.06. The fourth-order valence-electron chi connectivity index (χ4n) is 1.94. The highest BCUT2D eigenvalue weighted by Crippen LogP contribution is 2.03. The monoisotopic (exact) mass is 372 g/mol. The Morgan fingerprint density at radius 2 is 1.84 bits per heavy atom. The predicted octanol–water partition coefficient (Wildman–Crippen LogP) is 0.143. The molecule has 0 aromatic heterocycles. The van der Waals surface area contributed by atoms with Crippen LogP contribution in [0.15, 0.2) is 30.3 Å². The van der Waals surface area contributed by atoms with E-state index in [-0.39, 0.29) is 24.9 Å². The standard InChI is InChI=1S/C16H24N2O6S/c1-12(2)24-8-9-25(22,23)17-11-15(19)18-14(16(20)21)10-13-6-4-3-5-7-13/h3-7,12,14,17H,8-11H2,1-2H3,(H,18,19)(H,20,21). The summed E-state index contributed by atoms with van der Waals surface area (Å²) in [5.41, 5.74) is 0.751. The van der Waals surface area contributed by atoms with E-state index in [1.165, 1.54) is 0 Å². The van der Waals surface area contributed by atoms with Crippen molar-refractivity contribution in [1.82, 2.24) is 10.0 Å². The van der Waals surface area contributed by atoms with Crippen LogP contribution in [0.5, 0.6) is 0 Å². The highest BCUT2D eigenvalue weighted by atomic mass is 32.2. The normalized spacial score (nSPS) is 12.8. The molecule has 1 amide bonds. The number of amides is 1. The lowest BCUT2D eigenvalue weighted by Gasteiger charge is -2.15. The van der Waals surface area contributed by atoms with Crippen molar-refractivity contribution < 1.29 is 27.9 Å². The largest absolute Gasteiger partial charge is 0.480 e. The van der Waals surface area contributed by atoms with Gasteiger partial charge in [0.1, 0.15) is 6.04 Å². The second kappa shape index (κ2) is 10.1. The number of benzene rings is 1. The van der Waals surface area contributed by atoms with Gasteiger partial charge in [-0.2, -0.15) is 0 Å². The second-order valence-electron chi connectivity index (χ2n) is 5.71. The molecule has 0 heterocycles. The average Bonchev–Trinajstić information content (AvgIpc) is 2.53. The highest BCUT2D eigenvalue weighted by Gasteiger charge is 2.21. The number of aliphatic carboxylic acids is 1. The van der Waals surface area contributed by atoms with Crippen LogP contribution in [0.4, 0.5) is 0 Å². The summed E-state index contributed by atoms with van der Waals surface area (Å²) < 4.78 is 30.8. The van der Waals surface area contributed by atoms with Crippen molar-refractivity contribution in [3.8, 4) is 0 Å². The van der Waals surface area contributed by atoms with Crippen LogP contribution in [0.25, 0.3) is 0 Å². The van der Waals surface area contributed by atoms with E-state index in [9.17, 15) is 23.1 Å². The number of hydrogen-bond acceptors (Lipinski definition) is 5. The molecule has 0 spiro atoms. The van der Waals surface area contributed by atoms with Gasteiger partial charge in [-0.15, -0.1) is 0 Å². The number of carboxylic acids is 1. The number of carbonyl (C=O) groups excluding carboxylic acids is 1. The summed E-state index contributed by atoms with van der Waals surface area (Å²) in [5, 5.41) is 11.5. The van der Waals surface area contributed by atoms with Gasteiger partial charge in [-0.05, 0) is 19.4 Å². The van der Waals surface area contributed by atoms with Crippen molar-refractivity contribution >= 4 is 21.9 Å². The lowest BCUT2D eigenvalue weighted by molar-refractivity contribution is -0.141. The Balaban J connectivity index is 2.48. The van der Waals surface area contributed by atoms with Crippen LogP contribution in [0.1, 0.15) is 19.4 Å². The SMILES string of the molecule is CC(C)OCCS(=O)(=O)NCC(=O)NC(Cc1ccccc1)C(=O)O. The molecule has 0 saturated carbocycles. The van der Waals surface area contributed by atoms with Crippen molar-refractivity contribution in [2.24, 2.45) is 0 Å². The summed E-state index contributed by atoms with van der Waals surface area (Å²) in [4.78, 5) is 23.1. The van der Waals surface area contributed by atoms with E-state index in [1.807, 2.05) is 0 Å². The van der Waals surface area contributed by atoms with Gasteiger partial charge in [-0.3, -0.25) is 4.79 Å². The van der Waals surface area contributed by atoms with Crippen molar-refractivity contribution in [1.29, 1.82) is 0 Å². The molecule has 9 heteroatoms. The summed E-state index contributed by atoms with van der Waals surface area (Å²) in [6.07, 6.45) is 0.0180. The summed E-state index contributed by atoms with van der Waals surface area (Å²) in [5.74, 6) is -2.17. The average molecular weight is 372 g/mol. The zero-order valence-electron chi connectivity index (χ0n) is 14.3. The van der Waals surface area contributed by atoms with Crippen LogP contribution >= 0.6 is 0 Å². The topological polar surface area (TPSA) is 122 Å². The fraction of sp³-hybridized carbons (Fsp3) is 0.500. The summed E-state index contributed by atoms with van der Waals surface area (Å²) in [6, 6.07) is 7.70. The van der Waals surface area contributed by atoms with Gasteiger partial charge in [-0.25, -0.2) is 17.9 Å². The van der Waals surface area contributed by atoms with Gasteiger partial charge in [0.15, 0.2) is 0 Å². The van der Waals surface area contributed by atoms with E-state index in [1.54, 1.807) is 44.2 Å². The number of hydrogen-bond donors (Lipinski definition) is 3. The van der Waals surface area contributed by atoms with Crippen molar-refractivity contribution in [2.75, 3.05) is 18.9 Å². The molecular formula is C16H24N2O6S. The van der Waals surface area contributed by atoms with Gasteiger partial charge in [0.05, 0.1) is 25.0 Å². The molecule has 0 aliphatic rings. The Morgan fingerprint density at radius 3 is 2.40 bits per heavy atom. The van der Waals surface area contributed by atoms with Crippen LogP contribution in [0, 0.1) is 0 Å². The zero-order chi connectivity index (χ0) is 18.9. The molecule has 1 rings (SSSR count). The minimum Gasteiger partial charge on any atom is -0.480 e. The molecule has 1 aromatic carbocycles. The number of rotatable bonds is 11. The van der Waals surface area contributed by atoms with E-state index in [0.29, 0.717) is 0 Å². The quantitative estimate of drug-likeness (QED) is 0.508. The number of nitrogens with one attached hydrogen (secondary N) is 2. The Hall–Kier alpha value is -1.97. The molecule has 0 bridgehead atoms. The Kier molecular flexibility index (Phi) is 8.53. The first-order valence-electron chi connectivity index (χ1n) is 7.84. The van der Waals surface area contributed by atoms with Crippen LogP contribution in [0.3, 0.4) is 0 Å². The molecule has 1 aromatic rings. The van der Waals surface area contributed by atoms with Crippen LogP contribution in [0.2, 0.25) is 0 Å². The molecule has 0 saturated heterocycles. The third-order valence-corrected chi connectivity index (χ3v) is 4.46. The third kappa shape index (κ3) is 9.18. The van der Waals surface area contributed by atoms with Gasteiger partial charge in [0.2, 0.25) is 15.9 Å². The molecule has 8 nitrogen and oxygen atoms in total. The second-order valence-corrected chi connectivity index (χ2v) is 7.63. The van der Waals surface area contributed by atoms with Gasteiger partial charge in [0, 0.05) is 6.42 Å². The lowest BCUT2D eigenvalue weighted by Crippen LogP contribution is -2.47. The van der Waals surface area contributed by atoms with E-state index >= 15 is 0 Å². The fourth-order valence-corrected chi connectivity index (χ4v) is 2.75. The highest BCUT2D eigenvalue weighted by molar-refractivity contribution is 7.89. The summed E-state index contributed by atoms with van der Waals surface area (Å²) in [7, 11) is -3.67. The molecule has 3 N–H and O–H groups in total. The van der Waals surface area contributed by atoms with E-state index in [2.05, 4.69) is 10.0 Å². The first kappa shape index (κ1) is 21.1. The van der Waals surface area contributed by atoms with Crippen LogP contribution in [-0.4, -0.2) is 56.5 Å². The molecule has 0 aliphatic carbocycles. The number of carboxylic acid groups (broad SMARTS) is 1. The first-order valence-corrected chi connectivity index (χ1v) is 9.50. The minimum atomic E-state index is -3.67. The molecule has 0 radical (unpaired) electrons. The Bertz CT molecular complexity index is 660. The predicted molar refractivity (Wildman–Crippen MR) is 92.6 cm³/mol. The molecule has 140 valence electrons. The Labute approximate surface area is 147 Å². The maximum absolute atomic E-state index is 11.8. The van der Waals surface area contributed by atoms with Gasteiger partial charge in [-0.1, -0.05) is 30.3 Å². The maximum atomic E-state index is 11.8. The number of sulfonamides is 1. The maximum Gasteiger partial charge on any atom is 0.326 e. The molecule has 1 atom stereocenters. The van der Waals surface area contributed by atoms with E-state index < -0.39 is 34.5 Å².